The predicted octanol–water partition coefficient (Wildman–Crippen LogP) is 2.90. The Morgan fingerprint density at radius 1 is 1.12 bits per heavy atom. The maximum Gasteiger partial charge on any atom is 0.306 e. The van der Waals surface area contributed by atoms with Gasteiger partial charge in [0.05, 0.1) is 35.3 Å². The minimum Gasteiger partial charge on any atom is -0.466 e. The molecule has 1 amide bonds. The quantitative estimate of drug-likeness (QED) is 0.411. The van der Waals surface area contributed by atoms with Gasteiger partial charge in [-0.2, -0.15) is 19.9 Å². The number of aromatic nitrogens is 2. The molecule has 2 heterocycles. The van der Waals surface area contributed by atoms with Gasteiger partial charge in [-0.05, 0) is 44.5 Å². The Morgan fingerprint density at radius 2 is 1.85 bits per heavy atom. The number of anilines is 1. The van der Waals surface area contributed by atoms with Crippen molar-refractivity contribution in [3.8, 4) is 0 Å². The summed E-state index contributed by atoms with van der Waals surface area (Å²) in [7, 11) is 0. The Bertz CT molecular complexity index is 1310. The second-order valence-corrected chi connectivity index (χ2v) is 7.42. The van der Waals surface area contributed by atoms with Crippen LogP contribution in [0, 0.1) is 12.8 Å². The van der Waals surface area contributed by atoms with Crippen LogP contribution in [-0.4, -0.2) is 40.1 Å². The molecular weight excluding hydrogens is 422 g/mol. The molecule has 4 rings (SSSR count). The topological polar surface area (TPSA) is 106 Å². The molecule has 33 heavy (non-hydrogen) atoms. The number of benzene rings is 2. The van der Waals surface area contributed by atoms with Gasteiger partial charge in [0.25, 0.3) is 11.5 Å². The SMILES string of the molecule is CCOC(=O)CCC1=NN(c2ccccc2)C(=O)C1/C=N/n1c(C)nc2ccccc2c1=O. The van der Waals surface area contributed by atoms with Gasteiger partial charge >= 0.3 is 5.97 Å². The van der Waals surface area contributed by atoms with E-state index in [0.717, 1.165) is 0 Å². The van der Waals surface area contributed by atoms with Gasteiger partial charge < -0.3 is 4.74 Å². The van der Waals surface area contributed by atoms with Crippen molar-refractivity contribution < 1.29 is 14.3 Å². The van der Waals surface area contributed by atoms with E-state index >= 15 is 0 Å². The highest BCUT2D eigenvalue weighted by atomic mass is 16.5. The molecule has 1 aliphatic rings. The molecule has 0 aliphatic carbocycles. The van der Waals surface area contributed by atoms with Crippen LogP contribution in [0.4, 0.5) is 5.69 Å². The van der Waals surface area contributed by atoms with Crippen LogP contribution in [0.2, 0.25) is 0 Å². The van der Waals surface area contributed by atoms with Crippen molar-refractivity contribution in [2.45, 2.75) is 26.7 Å². The zero-order chi connectivity index (χ0) is 23.4. The number of hydrogen-bond acceptors (Lipinski definition) is 7. The van der Waals surface area contributed by atoms with Crippen LogP contribution in [0.1, 0.15) is 25.6 Å². The zero-order valence-electron chi connectivity index (χ0n) is 18.3. The summed E-state index contributed by atoms with van der Waals surface area (Å²) in [5, 5.41) is 10.5. The summed E-state index contributed by atoms with van der Waals surface area (Å²) in [6.45, 7) is 3.69. The fourth-order valence-corrected chi connectivity index (χ4v) is 3.59. The van der Waals surface area contributed by atoms with E-state index in [2.05, 4.69) is 15.2 Å². The first kappa shape index (κ1) is 22.1. The average molecular weight is 445 g/mol. The van der Waals surface area contributed by atoms with Crippen molar-refractivity contribution in [1.82, 2.24) is 9.66 Å². The third-order valence-electron chi connectivity index (χ3n) is 5.20. The summed E-state index contributed by atoms with van der Waals surface area (Å²) in [4.78, 5) is 42.4. The van der Waals surface area contributed by atoms with Crippen molar-refractivity contribution in [2.24, 2.45) is 16.1 Å². The molecule has 1 unspecified atom stereocenters. The predicted molar refractivity (Wildman–Crippen MR) is 125 cm³/mol. The molecule has 9 heteroatoms. The lowest BCUT2D eigenvalue weighted by atomic mass is 10.0. The molecule has 1 aromatic heterocycles. The first-order chi connectivity index (χ1) is 16.0. The Balaban J connectivity index is 1.67. The van der Waals surface area contributed by atoms with E-state index in [1.807, 2.05) is 24.3 Å². The molecular formula is C24H23N5O4. The van der Waals surface area contributed by atoms with Crippen molar-refractivity contribution in [2.75, 3.05) is 11.6 Å². The van der Waals surface area contributed by atoms with Crippen molar-refractivity contribution in [3.63, 3.8) is 0 Å². The van der Waals surface area contributed by atoms with E-state index in [1.54, 1.807) is 44.2 Å². The lowest BCUT2D eigenvalue weighted by Gasteiger charge is -2.12. The number of hydrogen-bond donors (Lipinski definition) is 0. The normalized spacial score (nSPS) is 15.9. The van der Waals surface area contributed by atoms with Crippen LogP contribution in [0.5, 0.6) is 0 Å². The number of ether oxygens (including phenoxy) is 1. The number of esters is 1. The highest BCUT2D eigenvalue weighted by Gasteiger charge is 2.35. The number of amides is 1. The maximum absolute atomic E-state index is 13.2. The third kappa shape index (κ3) is 4.57. The molecule has 0 saturated heterocycles. The molecule has 0 N–H and O–H groups in total. The molecule has 1 aliphatic heterocycles. The number of carbonyl (C=O) groups is 2. The third-order valence-corrected chi connectivity index (χ3v) is 5.20. The largest absolute Gasteiger partial charge is 0.466 e. The van der Waals surface area contributed by atoms with Crippen LogP contribution in [0.25, 0.3) is 10.9 Å². The molecule has 1 atom stereocenters. The van der Waals surface area contributed by atoms with Crippen molar-refractivity contribution >= 4 is 40.4 Å². The highest BCUT2D eigenvalue weighted by Crippen LogP contribution is 2.25. The minimum atomic E-state index is -0.822. The summed E-state index contributed by atoms with van der Waals surface area (Å²) in [5.74, 6) is -1.11. The Hall–Kier alpha value is -4.14. The molecule has 0 bridgehead atoms. The van der Waals surface area contributed by atoms with Gasteiger partial charge in [0.2, 0.25) is 0 Å². The molecule has 0 fully saturated rings. The van der Waals surface area contributed by atoms with E-state index in [0.29, 0.717) is 28.1 Å². The fraction of sp³-hybridized carbons (Fsp3) is 0.250. The van der Waals surface area contributed by atoms with E-state index in [4.69, 9.17) is 4.74 Å². The molecule has 9 nitrogen and oxygen atoms in total. The smallest absolute Gasteiger partial charge is 0.306 e. The van der Waals surface area contributed by atoms with Gasteiger partial charge in [-0.25, -0.2) is 4.98 Å². The summed E-state index contributed by atoms with van der Waals surface area (Å²) < 4.78 is 6.17. The lowest BCUT2D eigenvalue weighted by Crippen LogP contribution is -2.29. The van der Waals surface area contributed by atoms with Gasteiger partial charge in [0, 0.05) is 6.21 Å². The van der Waals surface area contributed by atoms with Crippen molar-refractivity contribution in [3.05, 3.63) is 70.8 Å². The Kier molecular flexibility index (Phi) is 6.39. The molecule has 168 valence electrons. The molecule has 0 spiro atoms. The average Bonchev–Trinajstić information content (AvgIpc) is 3.13. The lowest BCUT2D eigenvalue weighted by molar-refractivity contribution is -0.142. The van der Waals surface area contributed by atoms with Gasteiger partial charge in [0.1, 0.15) is 11.7 Å². The monoisotopic (exact) mass is 445 g/mol. The van der Waals surface area contributed by atoms with Gasteiger partial charge in [-0.15, -0.1) is 0 Å². The van der Waals surface area contributed by atoms with Crippen LogP contribution in [-0.2, 0) is 14.3 Å². The highest BCUT2D eigenvalue weighted by molar-refractivity contribution is 6.24. The molecule has 3 aromatic rings. The molecule has 0 radical (unpaired) electrons. The second kappa shape index (κ2) is 9.56. The number of aryl methyl sites for hydroxylation is 1. The number of carbonyl (C=O) groups excluding carboxylic acids is 2. The number of rotatable bonds is 7. The first-order valence-corrected chi connectivity index (χ1v) is 10.6. The van der Waals surface area contributed by atoms with E-state index in [-0.39, 0.29) is 36.9 Å². The van der Waals surface area contributed by atoms with Gasteiger partial charge in [0.15, 0.2) is 0 Å². The number of fused-ring (bicyclic) bond motifs is 1. The number of nitrogens with zero attached hydrogens (tertiary/aromatic N) is 5. The first-order valence-electron chi connectivity index (χ1n) is 10.6. The van der Waals surface area contributed by atoms with Gasteiger partial charge in [-0.3, -0.25) is 14.4 Å². The summed E-state index contributed by atoms with van der Waals surface area (Å²) in [5.41, 5.74) is 1.33. The standard InChI is InChI=1S/C24H23N5O4/c1-3-33-22(30)14-13-21-19(24(32)29(27-21)17-9-5-4-6-10-17)15-25-28-16(2)26-20-12-8-7-11-18(20)23(28)31/h4-12,15,19H,3,13-14H2,1-2H3/b25-15+. The summed E-state index contributed by atoms with van der Waals surface area (Å²) in [6.07, 6.45) is 1.71. The van der Waals surface area contributed by atoms with E-state index < -0.39 is 5.92 Å². The number of hydrazone groups is 1. The Morgan fingerprint density at radius 3 is 2.61 bits per heavy atom. The van der Waals surface area contributed by atoms with Crippen LogP contribution in [0.3, 0.4) is 0 Å². The Labute approximate surface area is 190 Å². The van der Waals surface area contributed by atoms with E-state index in [1.165, 1.54) is 15.9 Å². The molecule has 0 saturated carbocycles. The maximum atomic E-state index is 13.2. The summed E-state index contributed by atoms with van der Waals surface area (Å²) in [6, 6.07) is 16.0. The number of para-hydroxylation sites is 2. The summed E-state index contributed by atoms with van der Waals surface area (Å²) >= 11 is 0. The van der Waals surface area contributed by atoms with Gasteiger partial charge in [-0.1, -0.05) is 30.3 Å². The second-order valence-electron chi connectivity index (χ2n) is 7.42. The van der Waals surface area contributed by atoms with Crippen LogP contribution < -0.4 is 10.6 Å². The van der Waals surface area contributed by atoms with Crippen LogP contribution in [0.15, 0.2) is 69.6 Å². The minimum absolute atomic E-state index is 0.0867. The zero-order valence-corrected chi connectivity index (χ0v) is 18.3. The molecule has 2 aromatic carbocycles. The van der Waals surface area contributed by atoms with E-state index in [9.17, 15) is 14.4 Å². The van der Waals surface area contributed by atoms with Crippen LogP contribution >= 0.6 is 0 Å². The van der Waals surface area contributed by atoms with Crippen molar-refractivity contribution in [1.29, 1.82) is 0 Å². The fourth-order valence-electron chi connectivity index (χ4n) is 3.59.